The van der Waals surface area contributed by atoms with E-state index in [-0.39, 0.29) is 11.7 Å². The largest absolute Gasteiger partial charge is 0.354 e. The maximum absolute atomic E-state index is 13.3. The number of pyridine rings is 2. The molecular weight excluding hydrogens is 890 g/mol. The first-order valence-corrected chi connectivity index (χ1v) is 22.2. The fraction of sp³-hybridized carbons (Fsp3) is 0.120. The van der Waals surface area contributed by atoms with Crippen molar-refractivity contribution in [3.63, 3.8) is 0 Å². The molecular formula is C50H41Br2N7O2+2. The van der Waals surface area contributed by atoms with Crippen molar-refractivity contribution in [1.29, 1.82) is 0 Å². The third kappa shape index (κ3) is 8.06. The SMILES string of the molecule is C[n+]1ccc(-c2c3nc(c(-c4cccc(C(=O)CCBr)c4)c4nc(c(-c5cc[n+](C)cc5)c5ccc([nH]5)c(-c5cccc(C(=O)NCCBr)c5)c5ccc2[nH]5)C=C4)C=C3)cc1. The Morgan fingerprint density at radius 3 is 1.48 bits per heavy atom. The molecule has 0 saturated heterocycles. The van der Waals surface area contributed by atoms with E-state index in [1.807, 2.05) is 109 Å². The number of halogens is 2. The van der Waals surface area contributed by atoms with Gasteiger partial charge in [-0.3, -0.25) is 9.59 Å². The molecule has 0 radical (unpaired) electrons. The summed E-state index contributed by atoms with van der Waals surface area (Å²) in [5.74, 6) is -0.0775. The van der Waals surface area contributed by atoms with Gasteiger partial charge in [-0.15, -0.1) is 0 Å². The first kappa shape index (κ1) is 39.9. The summed E-state index contributed by atoms with van der Waals surface area (Å²) in [6.45, 7) is 0.517. The van der Waals surface area contributed by atoms with Gasteiger partial charge < -0.3 is 15.3 Å². The molecule has 0 unspecified atom stereocenters. The van der Waals surface area contributed by atoms with Gasteiger partial charge in [-0.2, -0.15) is 0 Å². The van der Waals surface area contributed by atoms with Crippen LogP contribution in [0.15, 0.2) is 122 Å². The van der Waals surface area contributed by atoms with Crippen LogP contribution in [0, 0.1) is 0 Å². The van der Waals surface area contributed by atoms with Gasteiger partial charge in [0.15, 0.2) is 30.6 Å². The van der Waals surface area contributed by atoms with Gasteiger partial charge in [0.2, 0.25) is 0 Å². The molecule has 0 spiro atoms. The van der Waals surface area contributed by atoms with E-state index in [4.69, 9.17) is 9.97 Å². The lowest BCUT2D eigenvalue weighted by atomic mass is 9.98. The van der Waals surface area contributed by atoms with Gasteiger partial charge in [0, 0.05) is 103 Å². The lowest BCUT2D eigenvalue weighted by Gasteiger charge is -2.08. The molecule has 0 aliphatic carbocycles. The Kier molecular flexibility index (Phi) is 11.2. The van der Waals surface area contributed by atoms with Crippen LogP contribution in [0.5, 0.6) is 0 Å². The maximum Gasteiger partial charge on any atom is 0.251 e. The molecule has 9 rings (SSSR count). The molecule has 3 N–H and O–H groups in total. The van der Waals surface area contributed by atoms with Gasteiger partial charge in [0.1, 0.15) is 14.1 Å². The van der Waals surface area contributed by atoms with Crippen LogP contribution in [-0.2, 0) is 14.1 Å². The number of H-pyrrole nitrogens is 2. The number of aromatic amines is 2. The monoisotopic (exact) mass is 929 g/mol. The first-order chi connectivity index (χ1) is 29.8. The molecule has 7 heterocycles. The van der Waals surface area contributed by atoms with Crippen molar-refractivity contribution in [2.45, 2.75) is 6.42 Å². The summed E-state index contributed by atoms with van der Waals surface area (Å²) < 4.78 is 4.02. The Hall–Kier alpha value is -6.56. The number of nitrogens with one attached hydrogen (secondary N) is 3. The number of fused-ring (bicyclic) bond motifs is 8. The van der Waals surface area contributed by atoms with Crippen molar-refractivity contribution in [2.75, 3.05) is 17.2 Å². The number of Topliss-reactive ketones (excluding diaryl/α,β-unsaturated/α-hetero) is 1. The zero-order valence-corrected chi connectivity index (χ0v) is 36.7. The van der Waals surface area contributed by atoms with Gasteiger partial charge in [-0.25, -0.2) is 19.1 Å². The van der Waals surface area contributed by atoms with Crippen LogP contribution < -0.4 is 14.5 Å². The average Bonchev–Trinajstić information content (AvgIpc) is 4.13. The molecule has 7 aromatic rings. The maximum atomic E-state index is 13.3. The van der Waals surface area contributed by atoms with Crippen molar-refractivity contribution in [1.82, 2.24) is 25.3 Å². The highest BCUT2D eigenvalue weighted by Gasteiger charge is 2.21. The normalized spacial score (nSPS) is 11.9. The number of alkyl halides is 2. The molecule has 9 nitrogen and oxygen atoms in total. The van der Waals surface area contributed by atoms with Crippen molar-refractivity contribution in [3.05, 3.63) is 156 Å². The van der Waals surface area contributed by atoms with E-state index in [0.717, 1.165) is 89.4 Å². The topological polar surface area (TPSA) is 111 Å². The number of ketones is 1. The quantitative estimate of drug-likeness (QED) is 0.0721. The fourth-order valence-electron chi connectivity index (χ4n) is 7.91. The molecule has 11 heteroatoms. The van der Waals surface area contributed by atoms with E-state index in [2.05, 4.69) is 108 Å². The average molecular weight is 932 g/mol. The highest BCUT2D eigenvalue weighted by molar-refractivity contribution is 9.09. The van der Waals surface area contributed by atoms with E-state index < -0.39 is 0 Å². The first-order valence-electron chi connectivity index (χ1n) is 20.0. The standard InChI is InChI=1S/C50H39Br2N7O2/c1-58-25-18-31(19-26-58)46-37-9-13-41(54-37)48(34-6-3-5-33(29-34)45(60)17-22-51)42-14-10-38(55-42)47(32-20-27-59(2)28-21-32)40-12-16-44(57-40)49(43-15-11-39(46)56-43)35-7-4-8-36(30-35)50(61)53-24-23-52/h3-16,18-21,25-30H,17,22-24H2,1-2H3,(H-,53,54,55,56,57,61)/p+2. The summed E-state index contributed by atoms with van der Waals surface area (Å²) in [6.07, 6.45) is 16.7. The van der Waals surface area contributed by atoms with Crippen LogP contribution in [0.2, 0.25) is 0 Å². The van der Waals surface area contributed by atoms with Gasteiger partial charge in [-0.05, 0) is 89.0 Å². The minimum absolute atomic E-state index is 0.0616. The van der Waals surface area contributed by atoms with Crippen molar-refractivity contribution in [2.24, 2.45) is 14.1 Å². The van der Waals surface area contributed by atoms with Crippen LogP contribution in [0.25, 0.3) is 90.9 Å². The minimum Gasteiger partial charge on any atom is -0.354 e. The lowest BCUT2D eigenvalue weighted by Crippen LogP contribution is -2.25. The van der Waals surface area contributed by atoms with Gasteiger partial charge in [0.25, 0.3) is 5.91 Å². The predicted octanol–water partition coefficient (Wildman–Crippen LogP) is 10.1. The second-order valence-electron chi connectivity index (χ2n) is 15.0. The van der Waals surface area contributed by atoms with E-state index in [1.165, 1.54) is 0 Å². The van der Waals surface area contributed by atoms with Crippen molar-refractivity contribution >= 4 is 89.9 Å². The smallest absolute Gasteiger partial charge is 0.251 e. The summed E-state index contributed by atoms with van der Waals surface area (Å²) in [4.78, 5) is 44.9. The van der Waals surface area contributed by atoms with Crippen LogP contribution in [0.1, 0.15) is 49.9 Å². The zero-order chi connectivity index (χ0) is 42.0. The molecule has 8 bridgehead atoms. The molecule has 0 saturated carbocycles. The number of aryl methyl sites for hydroxylation is 2. The fourth-order valence-corrected chi connectivity index (χ4v) is 8.47. The second kappa shape index (κ2) is 17.2. The van der Waals surface area contributed by atoms with Crippen LogP contribution >= 0.6 is 31.9 Å². The summed E-state index contributed by atoms with van der Waals surface area (Å²) in [7, 11) is 4.00. The third-order valence-corrected chi connectivity index (χ3v) is 11.7. The van der Waals surface area contributed by atoms with E-state index >= 15 is 0 Å². The summed E-state index contributed by atoms with van der Waals surface area (Å²) >= 11 is 6.86. The molecule has 300 valence electrons. The van der Waals surface area contributed by atoms with Crippen LogP contribution in [-0.4, -0.2) is 48.8 Å². The van der Waals surface area contributed by atoms with Crippen LogP contribution in [0.4, 0.5) is 0 Å². The lowest BCUT2D eigenvalue weighted by molar-refractivity contribution is -0.671. The Bertz CT molecular complexity index is 2950. The van der Waals surface area contributed by atoms with E-state index in [9.17, 15) is 9.59 Å². The van der Waals surface area contributed by atoms with E-state index in [0.29, 0.717) is 34.8 Å². The number of carbonyl (C=O) groups is 2. The number of hydrogen-bond acceptors (Lipinski definition) is 4. The Morgan fingerprint density at radius 2 is 0.984 bits per heavy atom. The molecule has 1 amide bonds. The molecule has 61 heavy (non-hydrogen) atoms. The van der Waals surface area contributed by atoms with Crippen molar-refractivity contribution < 1.29 is 18.7 Å². The molecule has 2 aromatic carbocycles. The number of benzene rings is 2. The summed E-state index contributed by atoms with van der Waals surface area (Å²) in [6, 6.07) is 32.3. The number of carbonyl (C=O) groups excluding carboxylic acids is 2. The molecule has 5 aromatic heterocycles. The molecule has 2 aliphatic rings. The minimum atomic E-state index is -0.139. The number of aromatic nitrogens is 6. The molecule has 0 atom stereocenters. The third-order valence-electron chi connectivity index (χ3n) is 10.9. The van der Waals surface area contributed by atoms with Gasteiger partial charge in [0.05, 0.1) is 22.8 Å². The predicted molar refractivity (Wildman–Crippen MR) is 252 cm³/mol. The highest BCUT2D eigenvalue weighted by Crippen LogP contribution is 2.38. The Balaban J connectivity index is 1.42. The van der Waals surface area contributed by atoms with Crippen molar-refractivity contribution in [3.8, 4) is 44.5 Å². The summed E-state index contributed by atoms with van der Waals surface area (Å²) in [5.41, 5.74) is 15.0. The second-order valence-corrected chi connectivity index (χ2v) is 16.6. The summed E-state index contributed by atoms with van der Waals surface area (Å²) in [5, 5.41) is 4.24. The zero-order valence-electron chi connectivity index (χ0n) is 33.5. The highest BCUT2D eigenvalue weighted by atomic mass is 79.9. The van der Waals surface area contributed by atoms with Gasteiger partial charge >= 0.3 is 0 Å². The van der Waals surface area contributed by atoms with Crippen LogP contribution in [0.3, 0.4) is 0 Å². The van der Waals surface area contributed by atoms with E-state index in [1.54, 1.807) is 0 Å². The molecule has 0 fully saturated rings. The van der Waals surface area contributed by atoms with Gasteiger partial charge in [-0.1, -0.05) is 62.2 Å². The Morgan fingerprint density at radius 1 is 0.541 bits per heavy atom. The number of amides is 1. The molecule has 2 aliphatic heterocycles. The number of nitrogens with zero attached hydrogens (tertiary/aromatic N) is 4. The number of rotatable bonds is 10. The Labute approximate surface area is 369 Å². The number of hydrogen-bond donors (Lipinski definition) is 3.